The first-order valence-corrected chi connectivity index (χ1v) is 8.19. The molecule has 1 heterocycles. The van der Waals surface area contributed by atoms with Crippen LogP contribution in [0.1, 0.15) is 62.8 Å². The lowest BCUT2D eigenvalue weighted by Gasteiger charge is -2.32. The molecule has 0 saturated heterocycles. The van der Waals surface area contributed by atoms with Gasteiger partial charge in [-0.1, -0.05) is 39.0 Å². The van der Waals surface area contributed by atoms with Crippen LogP contribution in [0.5, 0.6) is 0 Å². The minimum atomic E-state index is -0.402. The van der Waals surface area contributed by atoms with Crippen molar-refractivity contribution in [3.05, 3.63) is 34.9 Å². The molecule has 0 fully saturated rings. The van der Waals surface area contributed by atoms with Gasteiger partial charge < -0.3 is 10.0 Å². The van der Waals surface area contributed by atoms with E-state index in [4.69, 9.17) is 0 Å². The van der Waals surface area contributed by atoms with Crippen molar-refractivity contribution in [2.45, 2.75) is 59.1 Å². The standard InChI is InChI=1S/C18H27NO2/c1-4-13(5-2)18(21)19-10-9-14-7-8-15(17(20)6-3)11-16(14)12-19/h7-8,11,13,17,20H,4-6,9-10,12H2,1-3H3. The quantitative estimate of drug-likeness (QED) is 0.902. The Balaban J connectivity index is 2.16. The summed E-state index contributed by atoms with van der Waals surface area (Å²) < 4.78 is 0. The van der Waals surface area contributed by atoms with Crippen LogP contribution in [-0.2, 0) is 17.8 Å². The number of carbonyl (C=O) groups is 1. The second-order valence-electron chi connectivity index (χ2n) is 5.98. The first-order chi connectivity index (χ1) is 10.1. The number of hydrogen-bond donors (Lipinski definition) is 1. The van der Waals surface area contributed by atoms with Crippen molar-refractivity contribution in [3.63, 3.8) is 0 Å². The number of hydrogen-bond acceptors (Lipinski definition) is 2. The van der Waals surface area contributed by atoms with Crippen LogP contribution >= 0.6 is 0 Å². The fourth-order valence-electron chi connectivity index (χ4n) is 3.10. The van der Waals surface area contributed by atoms with Gasteiger partial charge in [0.05, 0.1) is 6.10 Å². The van der Waals surface area contributed by atoms with Crippen molar-refractivity contribution in [2.75, 3.05) is 6.54 Å². The molecule has 1 aromatic carbocycles. The molecule has 1 aliphatic rings. The highest BCUT2D eigenvalue weighted by Crippen LogP contribution is 2.26. The first-order valence-electron chi connectivity index (χ1n) is 8.19. The van der Waals surface area contributed by atoms with Crippen LogP contribution in [0, 0.1) is 5.92 Å². The van der Waals surface area contributed by atoms with Crippen LogP contribution in [0.2, 0.25) is 0 Å². The van der Waals surface area contributed by atoms with E-state index in [1.807, 2.05) is 17.9 Å². The van der Waals surface area contributed by atoms with Gasteiger partial charge in [0.25, 0.3) is 0 Å². The van der Waals surface area contributed by atoms with Gasteiger partial charge in [0.1, 0.15) is 0 Å². The molecule has 0 spiro atoms. The zero-order valence-electron chi connectivity index (χ0n) is 13.4. The zero-order chi connectivity index (χ0) is 15.4. The number of aliphatic hydroxyl groups is 1. The maximum atomic E-state index is 12.5. The van der Waals surface area contributed by atoms with E-state index >= 15 is 0 Å². The van der Waals surface area contributed by atoms with Gasteiger partial charge in [0, 0.05) is 19.0 Å². The van der Waals surface area contributed by atoms with Gasteiger partial charge in [0.15, 0.2) is 0 Å². The monoisotopic (exact) mass is 289 g/mol. The van der Waals surface area contributed by atoms with Crippen molar-refractivity contribution in [2.24, 2.45) is 5.92 Å². The molecule has 1 aliphatic heterocycles. The van der Waals surface area contributed by atoms with Crippen molar-refractivity contribution in [1.29, 1.82) is 0 Å². The minimum Gasteiger partial charge on any atom is -0.388 e. The Morgan fingerprint density at radius 3 is 2.52 bits per heavy atom. The van der Waals surface area contributed by atoms with Crippen molar-refractivity contribution in [3.8, 4) is 0 Å². The maximum absolute atomic E-state index is 12.5. The van der Waals surface area contributed by atoms with E-state index in [0.717, 1.165) is 37.8 Å². The molecule has 0 radical (unpaired) electrons. The summed E-state index contributed by atoms with van der Waals surface area (Å²) in [6.45, 7) is 7.65. The Morgan fingerprint density at radius 1 is 1.19 bits per heavy atom. The molecular weight excluding hydrogens is 262 g/mol. The molecule has 116 valence electrons. The Morgan fingerprint density at radius 2 is 1.90 bits per heavy atom. The molecular formula is C18H27NO2. The second kappa shape index (κ2) is 7.08. The third-order valence-corrected chi connectivity index (χ3v) is 4.66. The van der Waals surface area contributed by atoms with E-state index in [0.29, 0.717) is 6.54 Å². The fraction of sp³-hybridized carbons (Fsp3) is 0.611. The molecule has 2 rings (SSSR count). The smallest absolute Gasteiger partial charge is 0.225 e. The van der Waals surface area contributed by atoms with Crippen LogP contribution < -0.4 is 0 Å². The van der Waals surface area contributed by atoms with E-state index in [1.165, 1.54) is 11.1 Å². The number of fused-ring (bicyclic) bond motifs is 1. The minimum absolute atomic E-state index is 0.149. The molecule has 21 heavy (non-hydrogen) atoms. The summed E-state index contributed by atoms with van der Waals surface area (Å²) in [4.78, 5) is 14.5. The molecule has 1 aromatic rings. The summed E-state index contributed by atoms with van der Waals surface area (Å²) in [5.41, 5.74) is 3.48. The molecule has 0 aromatic heterocycles. The number of carbonyl (C=O) groups excluding carboxylic acids is 1. The Labute approximate surface area is 128 Å². The van der Waals surface area contributed by atoms with Crippen LogP contribution in [0.3, 0.4) is 0 Å². The molecule has 1 amide bonds. The summed E-state index contributed by atoms with van der Waals surface area (Å²) in [6.07, 6.45) is 3.06. The van der Waals surface area contributed by atoms with Crippen LogP contribution in [0.4, 0.5) is 0 Å². The lowest BCUT2D eigenvalue weighted by Crippen LogP contribution is -2.39. The summed E-state index contributed by atoms with van der Waals surface area (Å²) >= 11 is 0. The fourth-order valence-corrected chi connectivity index (χ4v) is 3.10. The van der Waals surface area contributed by atoms with Gasteiger partial charge in [-0.3, -0.25) is 4.79 Å². The van der Waals surface area contributed by atoms with Gasteiger partial charge >= 0.3 is 0 Å². The number of aliphatic hydroxyl groups excluding tert-OH is 1. The molecule has 1 unspecified atom stereocenters. The number of amides is 1. The highest BCUT2D eigenvalue weighted by Gasteiger charge is 2.25. The van der Waals surface area contributed by atoms with Crippen molar-refractivity contribution >= 4 is 5.91 Å². The van der Waals surface area contributed by atoms with E-state index in [2.05, 4.69) is 26.0 Å². The number of rotatable bonds is 5. The normalized spacial score (nSPS) is 16.0. The summed E-state index contributed by atoms with van der Waals surface area (Å²) in [6, 6.07) is 6.21. The van der Waals surface area contributed by atoms with Gasteiger partial charge in [0.2, 0.25) is 5.91 Å². The Hall–Kier alpha value is -1.35. The average molecular weight is 289 g/mol. The molecule has 0 aliphatic carbocycles. The molecule has 1 atom stereocenters. The number of nitrogens with zero attached hydrogens (tertiary/aromatic N) is 1. The molecule has 1 N–H and O–H groups in total. The summed E-state index contributed by atoms with van der Waals surface area (Å²) in [7, 11) is 0. The lowest BCUT2D eigenvalue weighted by molar-refractivity contribution is -0.136. The molecule has 3 nitrogen and oxygen atoms in total. The van der Waals surface area contributed by atoms with E-state index in [-0.39, 0.29) is 11.8 Å². The SMILES string of the molecule is CCC(CC)C(=O)N1CCc2ccc(C(O)CC)cc2C1. The lowest BCUT2D eigenvalue weighted by atomic mass is 9.93. The van der Waals surface area contributed by atoms with Crippen LogP contribution in [-0.4, -0.2) is 22.5 Å². The van der Waals surface area contributed by atoms with Crippen LogP contribution in [0.25, 0.3) is 0 Å². The summed E-state index contributed by atoms with van der Waals surface area (Å²) in [5, 5.41) is 9.99. The molecule has 0 bridgehead atoms. The van der Waals surface area contributed by atoms with Crippen LogP contribution in [0.15, 0.2) is 18.2 Å². The zero-order valence-corrected chi connectivity index (χ0v) is 13.4. The van der Waals surface area contributed by atoms with E-state index < -0.39 is 6.10 Å². The highest BCUT2D eigenvalue weighted by molar-refractivity contribution is 5.79. The average Bonchev–Trinajstić information content (AvgIpc) is 2.54. The van der Waals surface area contributed by atoms with Gasteiger partial charge in [-0.05, 0) is 42.4 Å². The van der Waals surface area contributed by atoms with Gasteiger partial charge in [-0.25, -0.2) is 0 Å². The molecule has 0 saturated carbocycles. The predicted molar refractivity (Wildman–Crippen MR) is 84.9 cm³/mol. The second-order valence-corrected chi connectivity index (χ2v) is 5.98. The van der Waals surface area contributed by atoms with Gasteiger partial charge in [-0.15, -0.1) is 0 Å². The molecule has 3 heteroatoms. The highest BCUT2D eigenvalue weighted by atomic mass is 16.3. The van der Waals surface area contributed by atoms with Gasteiger partial charge in [-0.2, -0.15) is 0 Å². The first kappa shape index (κ1) is 16.0. The van der Waals surface area contributed by atoms with Crippen molar-refractivity contribution < 1.29 is 9.90 Å². The largest absolute Gasteiger partial charge is 0.388 e. The number of benzene rings is 1. The predicted octanol–water partition coefficient (Wildman–Crippen LogP) is 3.45. The third-order valence-electron chi connectivity index (χ3n) is 4.66. The topological polar surface area (TPSA) is 40.5 Å². The Bertz CT molecular complexity index is 494. The maximum Gasteiger partial charge on any atom is 0.225 e. The van der Waals surface area contributed by atoms with E-state index in [9.17, 15) is 9.90 Å². The van der Waals surface area contributed by atoms with E-state index in [1.54, 1.807) is 0 Å². The Kier molecular flexibility index (Phi) is 5.40. The summed E-state index contributed by atoms with van der Waals surface area (Å²) in [5.74, 6) is 0.433. The van der Waals surface area contributed by atoms with Crippen molar-refractivity contribution in [1.82, 2.24) is 4.90 Å². The third kappa shape index (κ3) is 3.46.